The third-order valence-corrected chi connectivity index (χ3v) is 3.02. The zero-order valence-corrected chi connectivity index (χ0v) is 10.8. The first-order valence-corrected chi connectivity index (χ1v) is 6.17. The van der Waals surface area contributed by atoms with Gasteiger partial charge in [-0.2, -0.15) is 10.2 Å². The van der Waals surface area contributed by atoms with Gasteiger partial charge in [0.1, 0.15) is 29.0 Å². The number of fused-ring (bicyclic) bond motifs is 1. The van der Waals surface area contributed by atoms with Crippen LogP contribution in [-0.2, 0) is 6.61 Å². The average Bonchev–Trinajstić information content (AvgIpc) is 2.84. The molecule has 1 N–H and O–H groups in total. The monoisotopic (exact) mass is 283 g/mol. The maximum Gasteiger partial charge on any atom is 0.243 e. The highest BCUT2D eigenvalue weighted by atomic mass is 19.1. The molecule has 0 amide bonds. The molecule has 21 heavy (non-hydrogen) atoms. The van der Waals surface area contributed by atoms with Gasteiger partial charge in [0.15, 0.2) is 0 Å². The van der Waals surface area contributed by atoms with E-state index in [-0.39, 0.29) is 23.8 Å². The van der Waals surface area contributed by atoms with Crippen molar-refractivity contribution < 1.29 is 14.2 Å². The zero-order valence-electron chi connectivity index (χ0n) is 10.8. The van der Waals surface area contributed by atoms with Gasteiger partial charge in [-0.25, -0.2) is 4.39 Å². The topological polar surface area (TPSA) is 70.5 Å². The lowest BCUT2D eigenvalue weighted by molar-refractivity contribution is 0.269. The predicted octanol–water partition coefficient (Wildman–Crippen LogP) is 2.63. The molecule has 6 heteroatoms. The number of imidazole rings is 1. The highest BCUT2D eigenvalue weighted by molar-refractivity contribution is 5.47. The summed E-state index contributed by atoms with van der Waals surface area (Å²) in [4.78, 5) is 4.24. The first-order valence-electron chi connectivity index (χ1n) is 6.17. The van der Waals surface area contributed by atoms with E-state index in [2.05, 4.69) is 4.98 Å². The van der Waals surface area contributed by atoms with E-state index in [1.807, 2.05) is 6.07 Å². The summed E-state index contributed by atoms with van der Waals surface area (Å²) in [6, 6.07) is 11.1. The molecule has 5 nitrogen and oxygen atoms in total. The minimum Gasteiger partial charge on any atom is -0.437 e. The lowest BCUT2D eigenvalue weighted by atomic mass is 10.2. The molecule has 0 aliphatic rings. The highest BCUT2D eigenvalue weighted by Crippen LogP contribution is 2.27. The third-order valence-electron chi connectivity index (χ3n) is 3.02. The Morgan fingerprint density at radius 3 is 2.90 bits per heavy atom. The Morgan fingerprint density at radius 2 is 2.19 bits per heavy atom. The van der Waals surface area contributed by atoms with Gasteiger partial charge in [-0.15, -0.1) is 0 Å². The normalized spacial score (nSPS) is 10.5. The molecule has 2 aromatic heterocycles. The number of nitrogens with zero attached hydrogens (tertiary/aromatic N) is 3. The largest absolute Gasteiger partial charge is 0.437 e. The fourth-order valence-corrected chi connectivity index (χ4v) is 2.01. The fourth-order valence-electron chi connectivity index (χ4n) is 2.01. The number of nitriles is 1. The van der Waals surface area contributed by atoms with Gasteiger partial charge >= 0.3 is 0 Å². The van der Waals surface area contributed by atoms with Crippen molar-refractivity contribution in [1.82, 2.24) is 9.38 Å². The average molecular weight is 283 g/mol. The maximum atomic E-state index is 13.6. The van der Waals surface area contributed by atoms with Crippen molar-refractivity contribution in [3.8, 4) is 17.7 Å². The van der Waals surface area contributed by atoms with Gasteiger partial charge in [0.05, 0.1) is 12.2 Å². The van der Waals surface area contributed by atoms with E-state index in [9.17, 15) is 9.50 Å². The zero-order chi connectivity index (χ0) is 14.8. The minimum absolute atomic E-state index is 0.0558. The van der Waals surface area contributed by atoms with E-state index in [1.165, 1.54) is 12.1 Å². The molecule has 0 radical (unpaired) electrons. The van der Waals surface area contributed by atoms with E-state index < -0.39 is 5.82 Å². The predicted molar refractivity (Wildman–Crippen MR) is 72.3 cm³/mol. The van der Waals surface area contributed by atoms with Crippen LogP contribution in [0, 0.1) is 17.1 Å². The molecule has 0 unspecified atom stereocenters. The molecule has 2 heterocycles. The van der Waals surface area contributed by atoms with Crippen molar-refractivity contribution >= 4 is 5.65 Å². The van der Waals surface area contributed by atoms with Crippen molar-refractivity contribution in [3.63, 3.8) is 0 Å². The Hall–Kier alpha value is -2.91. The van der Waals surface area contributed by atoms with Crippen molar-refractivity contribution in [3.05, 3.63) is 59.7 Å². The van der Waals surface area contributed by atoms with E-state index in [0.29, 0.717) is 11.3 Å². The summed E-state index contributed by atoms with van der Waals surface area (Å²) in [5.74, 6) is -0.248. The number of ether oxygens (including phenoxy) is 1. The van der Waals surface area contributed by atoms with Gasteiger partial charge in [-0.1, -0.05) is 6.07 Å². The lowest BCUT2D eigenvalue weighted by Gasteiger charge is -2.05. The summed E-state index contributed by atoms with van der Waals surface area (Å²) in [5, 5.41) is 18.2. The van der Waals surface area contributed by atoms with Gasteiger partial charge in [-0.05, 0) is 24.3 Å². The quantitative estimate of drug-likeness (QED) is 0.802. The Labute approximate surface area is 119 Å². The molecule has 1 aromatic carbocycles. The van der Waals surface area contributed by atoms with Crippen LogP contribution in [0.5, 0.6) is 11.6 Å². The molecule has 104 valence electrons. The number of hydrogen-bond acceptors (Lipinski definition) is 4. The van der Waals surface area contributed by atoms with E-state index in [0.717, 1.165) is 6.07 Å². The van der Waals surface area contributed by atoms with Crippen LogP contribution in [0.2, 0.25) is 0 Å². The molecule has 0 saturated carbocycles. The first kappa shape index (κ1) is 13.1. The van der Waals surface area contributed by atoms with E-state index in [4.69, 9.17) is 10.00 Å². The van der Waals surface area contributed by atoms with Crippen molar-refractivity contribution in [2.75, 3.05) is 0 Å². The summed E-state index contributed by atoms with van der Waals surface area (Å²) in [7, 11) is 0. The van der Waals surface area contributed by atoms with Crippen molar-refractivity contribution in [1.29, 1.82) is 5.26 Å². The van der Waals surface area contributed by atoms with Gasteiger partial charge in [-0.3, -0.25) is 4.40 Å². The van der Waals surface area contributed by atoms with Crippen LogP contribution in [0.3, 0.4) is 0 Å². The Balaban J connectivity index is 2.02. The van der Waals surface area contributed by atoms with Crippen LogP contribution in [-0.4, -0.2) is 14.5 Å². The molecule has 0 aliphatic carbocycles. The van der Waals surface area contributed by atoms with Gasteiger partial charge in [0.2, 0.25) is 5.88 Å². The number of benzene rings is 1. The summed E-state index contributed by atoms with van der Waals surface area (Å²) in [6.07, 6.45) is 1.75. The number of aliphatic hydroxyl groups excluding tert-OH is 1. The fraction of sp³-hybridized carbons (Fsp3) is 0.0667. The number of aromatic nitrogens is 2. The van der Waals surface area contributed by atoms with Crippen LogP contribution in [0.4, 0.5) is 4.39 Å². The van der Waals surface area contributed by atoms with Crippen LogP contribution in [0.1, 0.15) is 11.3 Å². The number of halogens is 1. The van der Waals surface area contributed by atoms with Crippen LogP contribution < -0.4 is 4.74 Å². The van der Waals surface area contributed by atoms with E-state index >= 15 is 0 Å². The molecule has 0 atom stereocenters. The second kappa shape index (κ2) is 5.23. The Bertz CT molecular complexity index is 852. The van der Waals surface area contributed by atoms with Crippen molar-refractivity contribution in [2.24, 2.45) is 0 Å². The number of hydrogen-bond donors (Lipinski definition) is 1. The summed E-state index contributed by atoms with van der Waals surface area (Å²) in [6.45, 7) is -0.265. The second-order valence-electron chi connectivity index (χ2n) is 4.31. The SMILES string of the molecule is N#Cc1ccc(Oc2nc3ccccn3c2CO)cc1F. The smallest absolute Gasteiger partial charge is 0.243 e. The van der Waals surface area contributed by atoms with Gasteiger partial charge in [0, 0.05) is 12.3 Å². The molecule has 3 rings (SSSR count). The third kappa shape index (κ3) is 2.30. The molecule has 0 bridgehead atoms. The van der Waals surface area contributed by atoms with Crippen LogP contribution >= 0.6 is 0 Å². The molecule has 0 aliphatic heterocycles. The Morgan fingerprint density at radius 1 is 1.33 bits per heavy atom. The molecule has 0 saturated heterocycles. The second-order valence-corrected chi connectivity index (χ2v) is 4.31. The maximum absolute atomic E-state index is 13.6. The van der Waals surface area contributed by atoms with Crippen LogP contribution in [0.15, 0.2) is 42.6 Å². The summed E-state index contributed by atoms with van der Waals surface area (Å²) in [5.41, 5.74) is 1.03. The number of aliphatic hydroxyl groups is 1. The number of pyridine rings is 1. The van der Waals surface area contributed by atoms with Gasteiger partial charge in [0.25, 0.3) is 0 Å². The van der Waals surface area contributed by atoms with Gasteiger partial charge < -0.3 is 9.84 Å². The molecule has 0 fully saturated rings. The summed E-state index contributed by atoms with van der Waals surface area (Å²) >= 11 is 0. The first-order chi connectivity index (χ1) is 10.2. The summed E-state index contributed by atoms with van der Waals surface area (Å²) < 4.78 is 20.8. The molecule has 0 spiro atoms. The molecular weight excluding hydrogens is 273 g/mol. The van der Waals surface area contributed by atoms with Crippen molar-refractivity contribution in [2.45, 2.75) is 6.61 Å². The minimum atomic E-state index is -0.663. The Kier molecular flexibility index (Phi) is 3.26. The molecule has 3 aromatic rings. The highest BCUT2D eigenvalue weighted by Gasteiger charge is 2.14. The lowest BCUT2D eigenvalue weighted by Crippen LogP contribution is -1.95. The van der Waals surface area contributed by atoms with Crippen LogP contribution in [0.25, 0.3) is 5.65 Å². The van der Waals surface area contributed by atoms with E-state index in [1.54, 1.807) is 28.8 Å². The number of rotatable bonds is 3. The molecular formula is C15H10FN3O2. The standard InChI is InChI=1S/C15H10FN3O2/c16-12-7-11(5-4-10(12)8-17)21-15-13(9-20)19-6-2-1-3-14(19)18-15/h1-7,20H,9H2.